The van der Waals surface area contributed by atoms with Gasteiger partial charge in [-0.05, 0) is 0 Å². The van der Waals surface area contributed by atoms with Gasteiger partial charge in [0.15, 0.2) is 0 Å². The summed E-state index contributed by atoms with van der Waals surface area (Å²) in [5, 5.41) is 9.31. The van der Waals surface area contributed by atoms with Crippen molar-refractivity contribution in [3.63, 3.8) is 0 Å². The topological polar surface area (TPSA) is 38.7 Å². The van der Waals surface area contributed by atoms with E-state index in [0.717, 1.165) is 11.5 Å². The molecular formula is C10H19BO3. The normalized spacial score (nSPS) is 18.4. The van der Waals surface area contributed by atoms with Crippen molar-refractivity contribution in [1.82, 2.24) is 0 Å². The molecule has 0 fully saturated rings. The fourth-order valence-corrected chi connectivity index (χ4v) is 1.37. The Labute approximate surface area is 86.3 Å². The maximum Gasteiger partial charge on any atom is 0.785 e. The molecule has 4 heteroatoms. The Kier molecular flexibility index (Phi) is 2.61. The highest BCUT2D eigenvalue weighted by atomic mass is 16.7. The average Bonchev–Trinajstić information content (AvgIpc) is 2.27. The standard InChI is InChI=1S/C10H19BO3/c1-9(2,3)7-8(10(4,5)6)14-11(12)13-7/h12H,1-6H3. The monoisotopic (exact) mass is 198 g/mol. The summed E-state index contributed by atoms with van der Waals surface area (Å²) in [5.74, 6) is 1.50. The van der Waals surface area contributed by atoms with Gasteiger partial charge in [-0.1, -0.05) is 41.5 Å². The summed E-state index contributed by atoms with van der Waals surface area (Å²) in [7, 11) is -1.14. The van der Waals surface area contributed by atoms with Gasteiger partial charge in [0.25, 0.3) is 0 Å². The molecule has 1 heterocycles. The molecule has 0 aromatic carbocycles. The van der Waals surface area contributed by atoms with Crippen molar-refractivity contribution in [1.29, 1.82) is 0 Å². The van der Waals surface area contributed by atoms with Crippen LogP contribution in [0, 0.1) is 10.8 Å². The summed E-state index contributed by atoms with van der Waals surface area (Å²) in [5.41, 5.74) is -0.278. The van der Waals surface area contributed by atoms with Gasteiger partial charge in [0, 0.05) is 10.8 Å². The molecule has 1 N–H and O–H groups in total. The zero-order valence-electron chi connectivity index (χ0n) is 9.84. The third-order valence-electron chi connectivity index (χ3n) is 2.01. The molecule has 1 rings (SSSR count). The SMILES string of the molecule is CC(C)(C)C1=C(C(C)(C)C)OB(O)O1. The van der Waals surface area contributed by atoms with E-state index in [1.54, 1.807) is 0 Å². The van der Waals surface area contributed by atoms with Gasteiger partial charge in [-0.25, -0.2) is 0 Å². The first-order valence-corrected chi connectivity index (χ1v) is 4.89. The summed E-state index contributed by atoms with van der Waals surface area (Å²) < 4.78 is 10.6. The quantitative estimate of drug-likeness (QED) is 0.607. The molecule has 0 saturated heterocycles. The van der Waals surface area contributed by atoms with Gasteiger partial charge in [-0.3, -0.25) is 0 Å². The molecule has 1 aliphatic rings. The van der Waals surface area contributed by atoms with Crippen LogP contribution in [0.3, 0.4) is 0 Å². The van der Waals surface area contributed by atoms with Gasteiger partial charge in [0.2, 0.25) is 0 Å². The Bertz CT molecular complexity index is 232. The highest BCUT2D eigenvalue weighted by Gasteiger charge is 2.43. The molecule has 80 valence electrons. The van der Waals surface area contributed by atoms with Crippen LogP contribution < -0.4 is 0 Å². The van der Waals surface area contributed by atoms with Crippen LogP contribution in [0.1, 0.15) is 41.5 Å². The predicted octanol–water partition coefficient (Wildman–Crippen LogP) is 2.31. The Morgan fingerprint density at radius 3 is 1.36 bits per heavy atom. The molecule has 0 saturated carbocycles. The Morgan fingerprint density at radius 2 is 1.14 bits per heavy atom. The minimum Gasteiger partial charge on any atom is -0.501 e. The van der Waals surface area contributed by atoms with E-state index < -0.39 is 7.32 Å². The van der Waals surface area contributed by atoms with Crippen molar-refractivity contribution in [3.05, 3.63) is 11.5 Å². The lowest BCUT2D eigenvalue weighted by Gasteiger charge is -2.25. The van der Waals surface area contributed by atoms with E-state index in [2.05, 4.69) is 0 Å². The molecule has 0 aliphatic carbocycles. The lowest BCUT2D eigenvalue weighted by Crippen LogP contribution is -2.17. The first-order valence-electron chi connectivity index (χ1n) is 4.89. The number of rotatable bonds is 0. The summed E-state index contributed by atoms with van der Waals surface area (Å²) in [6.45, 7) is 12.2. The molecule has 0 atom stereocenters. The van der Waals surface area contributed by atoms with Crippen LogP contribution in [-0.2, 0) is 9.31 Å². The third kappa shape index (κ3) is 2.24. The van der Waals surface area contributed by atoms with Gasteiger partial charge in [-0.2, -0.15) is 0 Å². The van der Waals surface area contributed by atoms with Crippen LogP contribution >= 0.6 is 0 Å². The molecule has 14 heavy (non-hydrogen) atoms. The number of hydrogen-bond acceptors (Lipinski definition) is 3. The average molecular weight is 198 g/mol. The third-order valence-corrected chi connectivity index (χ3v) is 2.01. The molecule has 0 unspecified atom stereocenters. The Hall–Kier alpha value is -0.635. The lowest BCUT2D eigenvalue weighted by atomic mass is 9.85. The van der Waals surface area contributed by atoms with E-state index >= 15 is 0 Å². The van der Waals surface area contributed by atoms with Gasteiger partial charge in [0.1, 0.15) is 11.5 Å². The molecule has 0 bridgehead atoms. The maximum absolute atomic E-state index is 9.31. The second-order valence-corrected chi connectivity index (χ2v) is 5.70. The maximum atomic E-state index is 9.31. The van der Waals surface area contributed by atoms with E-state index in [1.807, 2.05) is 41.5 Å². The smallest absolute Gasteiger partial charge is 0.501 e. The number of allylic oxidation sites excluding steroid dienone is 2. The minimum atomic E-state index is -1.14. The van der Waals surface area contributed by atoms with Crippen LogP contribution in [0.25, 0.3) is 0 Å². The molecule has 0 amide bonds. The molecule has 0 spiro atoms. The molecule has 3 nitrogen and oxygen atoms in total. The predicted molar refractivity (Wildman–Crippen MR) is 56.1 cm³/mol. The van der Waals surface area contributed by atoms with Crippen LogP contribution in [0.15, 0.2) is 11.5 Å². The van der Waals surface area contributed by atoms with Gasteiger partial charge in [-0.15, -0.1) is 0 Å². The Balaban J connectivity index is 3.08. The van der Waals surface area contributed by atoms with Crippen molar-refractivity contribution in [3.8, 4) is 0 Å². The largest absolute Gasteiger partial charge is 0.785 e. The zero-order valence-corrected chi connectivity index (χ0v) is 9.84. The molecule has 0 aromatic rings. The van der Waals surface area contributed by atoms with E-state index in [9.17, 15) is 5.02 Å². The van der Waals surface area contributed by atoms with Crippen LogP contribution in [0.5, 0.6) is 0 Å². The van der Waals surface area contributed by atoms with Crippen LogP contribution in [0.4, 0.5) is 0 Å². The van der Waals surface area contributed by atoms with Crippen molar-refractivity contribution >= 4 is 7.32 Å². The van der Waals surface area contributed by atoms with Crippen molar-refractivity contribution < 1.29 is 14.3 Å². The molecule has 1 aliphatic heterocycles. The second-order valence-electron chi connectivity index (χ2n) is 5.70. The van der Waals surface area contributed by atoms with E-state index in [0.29, 0.717) is 0 Å². The van der Waals surface area contributed by atoms with Crippen molar-refractivity contribution in [2.45, 2.75) is 41.5 Å². The minimum absolute atomic E-state index is 0.139. The van der Waals surface area contributed by atoms with E-state index in [4.69, 9.17) is 9.31 Å². The molecule has 0 radical (unpaired) electrons. The summed E-state index contributed by atoms with van der Waals surface area (Å²) in [6.07, 6.45) is 0. The zero-order chi connectivity index (χ0) is 11.1. The van der Waals surface area contributed by atoms with Crippen LogP contribution in [0.2, 0.25) is 0 Å². The first kappa shape index (κ1) is 11.4. The van der Waals surface area contributed by atoms with Crippen LogP contribution in [-0.4, -0.2) is 12.3 Å². The summed E-state index contributed by atoms with van der Waals surface area (Å²) in [6, 6.07) is 0. The first-order chi connectivity index (χ1) is 6.12. The van der Waals surface area contributed by atoms with E-state index in [1.165, 1.54) is 0 Å². The highest BCUT2D eigenvalue weighted by molar-refractivity contribution is 6.36. The molecular weight excluding hydrogens is 179 g/mol. The van der Waals surface area contributed by atoms with Crippen molar-refractivity contribution in [2.24, 2.45) is 10.8 Å². The summed E-state index contributed by atoms with van der Waals surface area (Å²) >= 11 is 0. The Morgan fingerprint density at radius 1 is 0.857 bits per heavy atom. The number of hydrogen-bond donors (Lipinski definition) is 1. The van der Waals surface area contributed by atoms with Crippen molar-refractivity contribution in [2.75, 3.05) is 0 Å². The van der Waals surface area contributed by atoms with E-state index in [-0.39, 0.29) is 10.8 Å². The fourth-order valence-electron chi connectivity index (χ4n) is 1.37. The van der Waals surface area contributed by atoms with Gasteiger partial charge in [0.05, 0.1) is 0 Å². The second kappa shape index (κ2) is 3.19. The van der Waals surface area contributed by atoms with Gasteiger partial charge < -0.3 is 14.3 Å². The highest BCUT2D eigenvalue weighted by Crippen LogP contribution is 2.41. The fraction of sp³-hybridized carbons (Fsp3) is 0.800. The summed E-state index contributed by atoms with van der Waals surface area (Å²) in [4.78, 5) is 0. The van der Waals surface area contributed by atoms with Gasteiger partial charge >= 0.3 is 7.32 Å². The molecule has 0 aromatic heterocycles. The lowest BCUT2D eigenvalue weighted by molar-refractivity contribution is 0.223.